The molecular formula is C22H28N4O. The van der Waals surface area contributed by atoms with Crippen LogP contribution in [0.2, 0.25) is 0 Å². The molecule has 1 aliphatic rings. The van der Waals surface area contributed by atoms with Crippen LogP contribution in [0.4, 0.5) is 0 Å². The summed E-state index contributed by atoms with van der Waals surface area (Å²) in [7, 11) is 1.87. The molecule has 142 valence electrons. The third-order valence-corrected chi connectivity index (χ3v) is 5.81. The Morgan fingerprint density at radius 3 is 2.67 bits per heavy atom. The first-order valence-electron chi connectivity index (χ1n) is 9.87. The average Bonchev–Trinajstić information content (AvgIpc) is 3.17. The van der Waals surface area contributed by atoms with Crippen molar-refractivity contribution in [1.82, 2.24) is 19.0 Å². The van der Waals surface area contributed by atoms with Gasteiger partial charge in [-0.25, -0.2) is 4.98 Å². The van der Waals surface area contributed by atoms with E-state index < -0.39 is 0 Å². The van der Waals surface area contributed by atoms with Crippen LogP contribution in [0, 0.1) is 0 Å². The van der Waals surface area contributed by atoms with Gasteiger partial charge in [0.05, 0.1) is 5.52 Å². The van der Waals surface area contributed by atoms with Crippen molar-refractivity contribution in [2.75, 3.05) is 13.1 Å². The van der Waals surface area contributed by atoms with E-state index in [9.17, 15) is 4.79 Å². The SMILES string of the molecule is CC(C)n1ccnc1C1CCN(Cc2cc3ccccc3n(C)c2=O)CC1. The Morgan fingerprint density at radius 2 is 1.93 bits per heavy atom. The van der Waals surface area contributed by atoms with E-state index in [0.29, 0.717) is 12.0 Å². The van der Waals surface area contributed by atoms with Crippen LogP contribution in [0.1, 0.15) is 50.0 Å². The van der Waals surface area contributed by atoms with Crippen LogP contribution < -0.4 is 5.56 Å². The topological polar surface area (TPSA) is 43.1 Å². The van der Waals surface area contributed by atoms with Crippen molar-refractivity contribution in [2.45, 2.75) is 45.2 Å². The van der Waals surface area contributed by atoms with Gasteiger partial charge >= 0.3 is 0 Å². The zero-order valence-electron chi connectivity index (χ0n) is 16.4. The minimum absolute atomic E-state index is 0.117. The predicted octanol–water partition coefficient (Wildman–Crippen LogP) is 3.70. The van der Waals surface area contributed by atoms with Gasteiger partial charge in [-0.1, -0.05) is 18.2 Å². The fourth-order valence-corrected chi connectivity index (χ4v) is 4.27. The number of piperidine rings is 1. The molecule has 3 heterocycles. The lowest BCUT2D eigenvalue weighted by Crippen LogP contribution is -2.35. The maximum absolute atomic E-state index is 12.8. The summed E-state index contributed by atoms with van der Waals surface area (Å²) < 4.78 is 4.07. The van der Waals surface area contributed by atoms with Crippen molar-refractivity contribution in [3.8, 4) is 0 Å². The van der Waals surface area contributed by atoms with Crippen molar-refractivity contribution in [3.05, 3.63) is 64.5 Å². The minimum atomic E-state index is 0.117. The molecule has 0 saturated carbocycles. The van der Waals surface area contributed by atoms with E-state index in [1.807, 2.05) is 31.4 Å². The summed E-state index contributed by atoms with van der Waals surface area (Å²) in [5.74, 6) is 1.73. The van der Waals surface area contributed by atoms with Gasteiger partial charge in [0.2, 0.25) is 0 Å². The molecule has 1 saturated heterocycles. The fourth-order valence-electron chi connectivity index (χ4n) is 4.27. The number of hydrogen-bond acceptors (Lipinski definition) is 3. The summed E-state index contributed by atoms with van der Waals surface area (Å²) in [5.41, 5.74) is 2.00. The third-order valence-electron chi connectivity index (χ3n) is 5.81. The van der Waals surface area contributed by atoms with E-state index in [-0.39, 0.29) is 5.56 Å². The molecule has 0 aliphatic carbocycles. The summed E-state index contributed by atoms with van der Waals surface area (Å²) in [5, 5.41) is 1.13. The molecule has 0 N–H and O–H groups in total. The fraction of sp³-hybridized carbons (Fsp3) is 0.455. The Labute approximate surface area is 160 Å². The largest absolute Gasteiger partial charge is 0.332 e. The van der Waals surface area contributed by atoms with Gasteiger partial charge < -0.3 is 9.13 Å². The Balaban J connectivity index is 1.48. The number of nitrogens with zero attached hydrogens (tertiary/aromatic N) is 4. The second-order valence-electron chi connectivity index (χ2n) is 7.93. The summed E-state index contributed by atoms with van der Waals surface area (Å²) >= 11 is 0. The van der Waals surface area contributed by atoms with Crippen LogP contribution in [-0.2, 0) is 13.6 Å². The van der Waals surface area contributed by atoms with Gasteiger partial charge in [-0.2, -0.15) is 0 Å². The highest BCUT2D eigenvalue weighted by atomic mass is 16.1. The van der Waals surface area contributed by atoms with Gasteiger partial charge in [-0.3, -0.25) is 9.69 Å². The van der Waals surface area contributed by atoms with Crippen LogP contribution >= 0.6 is 0 Å². The lowest BCUT2D eigenvalue weighted by molar-refractivity contribution is 0.198. The molecule has 1 aromatic carbocycles. The van der Waals surface area contributed by atoms with E-state index >= 15 is 0 Å². The molecule has 5 nitrogen and oxygen atoms in total. The number of para-hydroxylation sites is 1. The average molecular weight is 364 g/mol. The quantitative estimate of drug-likeness (QED) is 0.709. The monoisotopic (exact) mass is 364 g/mol. The molecule has 1 aliphatic heterocycles. The summed E-state index contributed by atoms with van der Waals surface area (Å²) in [6.45, 7) is 7.14. The van der Waals surface area contributed by atoms with Gasteiger partial charge in [-0.05, 0) is 57.3 Å². The Hall–Kier alpha value is -2.40. The predicted molar refractivity (Wildman–Crippen MR) is 109 cm³/mol. The Bertz CT molecular complexity index is 993. The molecule has 0 spiro atoms. The number of aryl methyl sites for hydroxylation is 1. The van der Waals surface area contributed by atoms with Crippen molar-refractivity contribution in [1.29, 1.82) is 0 Å². The number of hydrogen-bond donors (Lipinski definition) is 0. The van der Waals surface area contributed by atoms with Crippen LogP contribution in [0.5, 0.6) is 0 Å². The molecule has 0 unspecified atom stereocenters. The number of rotatable bonds is 4. The van der Waals surface area contributed by atoms with E-state index in [1.165, 1.54) is 5.82 Å². The number of likely N-dealkylation sites (tertiary alicyclic amines) is 1. The van der Waals surface area contributed by atoms with Gasteiger partial charge in [0.15, 0.2) is 0 Å². The second-order valence-corrected chi connectivity index (χ2v) is 7.93. The lowest BCUT2D eigenvalue weighted by atomic mass is 9.95. The minimum Gasteiger partial charge on any atom is -0.332 e. The molecule has 27 heavy (non-hydrogen) atoms. The molecule has 3 aromatic rings. The number of benzene rings is 1. The normalized spacial score (nSPS) is 16.4. The van der Waals surface area contributed by atoms with Crippen LogP contribution in [0.15, 0.2) is 47.5 Å². The summed E-state index contributed by atoms with van der Waals surface area (Å²) in [4.78, 5) is 19.8. The molecule has 1 fully saturated rings. The van der Waals surface area contributed by atoms with Gasteiger partial charge in [0.25, 0.3) is 5.56 Å². The zero-order valence-corrected chi connectivity index (χ0v) is 16.4. The second kappa shape index (κ2) is 7.31. The van der Waals surface area contributed by atoms with Crippen molar-refractivity contribution in [3.63, 3.8) is 0 Å². The van der Waals surface area contributed by atoms with Crippen LogP contribution in [0.3, 0.4) is 0 Å². The molecule has 5 heteroatoms. The van der Waals surface area contributed by atoms with E-state index in [2.05, 4.69) is 46.6 Å². The molecular weight excluding hydrogens is 336 g/mol. The van der Waals surface area contributed by atoms with Gasteiger partial charge in [0.1, 0.15) is 5.82 Å². The van der Waals surface area contributed by atoms with Crippen LogP contribution in [-0.4, -0.2) is 32.1 Å². The number of imidazole rings is 1. The Kier molecular flexibility index (Phi) is 4.87. The first-order chi connectivity index (χ1) is 13.0. The van der Waals surface area contributed by atoms with E-state index in [1.54, 1.807) is 4.57 Å². The van der Waals surface area contributed by atoms with Crippen molar-refractivity contribution >= 4 is 10.9 Å². The number of fused-ring (bicyclic) bond motifs is 1. The zero-order chi connectivity index (χ0) is 19.0. The molecule has 0 amide bonds. The highest BCUT2D eigenvalue weighted by molar-refractivity contribution is 5.79. The smallest absolute Gasteiger partial charge is 0.255 e. The lowest BCUT2D eigenvalue weighted by Gasteiger charge is -2.32. The van der Waals surface area contributed by atoms with Crippen LogP contribution in [0.25, 0.3) is 10.9 Å². The maximum atomic E-state index is 12.8. The van der Waals surface area contributed by atoms with Gasteiger partial charge in [0, 0.05) is 43.5 Å². The molecule has 2 aromatic heterocycles. The molecule has 0 radical (unpaired) electrons. The summed E-state index contributed by atoms with van der Waals surface area (Å²) in [6.07, 6.45) is 6.20. The van der Waals surface area contributed by atoms with Crippen molar-refractivity contribution < 1.29 is 0 Å². The highest BCUT2D eigenvalue weighted by Crippen LogP contribution is 2.29. The summed E-state index contributed by atoms with van der Waals surface area (Å²) in [6, 6.07) is 10.6. The maximum Gasteiger partial charge on any atom is 0.255 e. The first kappa shape index (κ1) is 18.0. The van der Waals surface area contributed by atoms with E-state index in [0.717, 1.165) is 48.9 Å². The highest BCUT2D eigenvalue weighted by Gasteiger charge is 2.25. The molecule has 4 rings (SSSR count). The van der Waals surface area contributed by atoms with Crippen molar-refractivity contribution in [2.24, 2.45) is 7.05 Å². The standard InChI is InChI=1S/C22H28N4O/c1-16(2)26-13-10-23-21(26)17-8-11-25(12-9-17)15-19-14-18-6-4-5-7-20(18)24(3)22(19)27/h4-7,10,13-14,16-17H,8-9,11-12,15H2,1-3H3. The molecule has 0 bridgehead atoms. The Morgan fingerprint density at radius 1 is 1.19 bits per heavy atom. The van der Waals surface area contributed by atoms with E-state index in [4.69, 9.17) is 0 Å². The molecule has 0 atom stereocenters. The number of pyridine rings is 1. The number of aromatic nitrogens is 3. The third kappa shape index (κ3) is 3.44. The first-order valence-corrected chi connectivity index (χ1v) is 9.87. The van der Waals surface area contributed by atoms with Gasteiger partial charge in [-0.15, -0.1) is 0 Å².